The molecular formula is C16H22N4O4. The maximum absolute atomic E-state index is 12.2. The van der Waals surface area contributed by atoms with Crippen LogP contribution in [-0.4, -0.2) is 46.8 Å². The molecule has 24 heavy (non-hydrogen) atoms. The van der Waals surface area contributed by atoms with E-state index in [2.05, 4.69) is 10.6 Å². The van der Waals surface area contributed by atoms with Gasteiger partial charge in [0.2, 0.25) is 5.91 Å². The average molecular weight is 334 g/mol. The summed E-state index contributed by atoms with van der Waals surface area (Å²) in [6, 6.07) is 3.93. The summed E-state index contributed by atoms with van der Waals surface area (Å²) in [5, 5.41) is 16.6. The SMILES string of the molecule is CNC(=O)c1cc([N+](=O)[O-])ccc1NC1CC(=O)N(C(C)(C)C)C1. The molecule has 0 saturated carbocycles. The van der Waals surface area contributed by atoms with Crippen LogP contribution in [0.3, 0.4) is 0 Å². The van der Waals surface area contributed by atoms with Crippen LogP contribution in [0.2, 0.25) is 0 Å². The number of benzene rings is 1. The molecule has 0 bridgehead atoms. The first-order valence-corrected chi connectivity index (χ1v) is 7.71. The number of nitro groups is 1. The number of nitrogens with zero attached hydrogens (tertiary/aromatic N) is 2. The van der Waals surface area contributed by atoms with E-state index in [4.69, 9.17) is 0 Å². The molecule has 2 rings (SSSR count). The molecule has 8 heteroatoms. The zero-order chi connectivity index (χ0) is 18.1. The van der Waals surface area contributed by atoms with Gasteiger partial charge < -0.3 is 15.5 Å². The van der Waals surface area contributed by atoms with E-state index in [0.717, 1.165) is 0 Å². The smallest absolute Gasteiger partial charge is 0.270 e. The van der Waals surface area contributed by atoms with Crippen molar-refractivity contribution < 1.29 is 14.5 Å². The predicted molar refractivity (Wildman–Crippen MR) is 90.0 cm³/mol. The van der Waals surface area contributed by atoms with E-state index in [-0.39, 0.29) is 28.7 Å². The Bertz CT molecular complexity index is 681. The van der Waals surface area contributed by atoms with E-state index < -0.39 is 10.8 Å². The molecule has 1 fully saturated rings. The van der Waals surface area contributed by atoms with Crippen LogP contribution in [0.1, 0.15) is 37.6 Å². The zero-order valence-electron chi connectivity index (χ0n) is 14.3. The highest BCUT2D eigenvalue weighted by atomic mass is 16.6. The van der Waals surface area contributed by atoms with Crippen LogP contribution in [0, 0.1) is 10.1 Å². The highest BCUT2D eigenvalue weighted by Gasteiger charge is 2.36. The van der Waals surface area contributed by atoms with Crippen molar-refractivity contribution in [2.24, 2.45) is 0 Å². The van der Waals surface area contributed by atoms with Gasteiger partial charge in [-0.25, -0.2) is 0 Å². The topological polar surface area (TPSA) is 105 Å². The van der Waals surface area contributed by atoms with Gasteiger partial charge in [0.25, 0.3) is 11.6 Å². The molecule has 1 aromatic carbocycles. The Balaban J connectivity index is 2.25. The molecule has 1 aromatic rings. The van der Waals surface area contributed by atoms with Crippen LogP contribution < -0.4 is 10.6 Å². The second-order valence-electron chi connectivity index (χ2n) is 6.79. The molecule has 1 heterocycles. The predicted octanol–water partition coefficient (Wildman–Crippen LogP) is 1.77. The monoisotopic (exact) mass is 334 g/mol. The number of nitro benzene ring substituents is 1. The van der Waals surface area contributed by atoms with Gasteiger partial charge in [-0.05, 0) is 26.8 Å². The average Bonchev–Trinajstić information content (AvgIpc) is 2.87. The number of carbonyl (C=O) groups excluding carboxylic acids is 2. The summed E-state index contributed by atoms with van der Waals surface area (Å²) in [6.45, 7) is 6.42. The van der Waals surface area contributed by atoms with E-state index in [1.165, 1.54) is 25.2 Å². The Hall–Kier alpha value is -2.64. The minimum absolute atomic E-state index is 0.0448. The quantitative estimate of drug-likeness (QED) is 0.645. The highest BCUT2D eigenvalue weighted by Crippen LogP contribution is 2.27. The van der Waals surface area contributed by atoms with Crippen LogP contribution in [0.25, 0.3) is 0 Å². The number of anilines is 1. The summed E-state index contributed by atoms with van der Waals surface area (Å²) in [6.07, 6.45) is 0.321. The van der Waals surface area contributed by atoms with E-state index in [0.29, 0.717) is 18.7 Å². The second-order valence-corrected chi connectivity index (χ2v) is 6.79. The molecule has 130 valence electrons. The maximum atomic E-state index is 12.2. The summed E-state index contributed by atoms with van der Waals surface area (Å²) in [4.78, 5) is 36.3. The second kappa shape index (κ2) is 6.46. The van der Waals surface area contributed by atoms with Gasteiger partial charge in [-0.15, -0.1) is 0 Å². The van der Waals surface area contributed by atoms with E-state index in [1.807, 2.05) is 20.8 Å². The minimum atomic E-state index is -0.545. The van der Waals surface area contributed by atoms with Gasteiger partial charge in [0.05, 0.1) is 16.5 Å². The fraction of sp³-hybridized carbons (Fsp3) is 0.500. The lowest BCUT2D eigenvalue weighted by Gasteiger charge is -2.32. The van der Waals surface area contributed by atoms with Crippen LogP contribution in [0.5, 0.6) is 0 Å². The third kappa shape index (κ3) is 3.64. The lowest BCUT2D eigenvalue weighted by atomic mass is 10.1. The molecule has 1 atom stereocenters. The summed E-state index contributed by atoms with van der Waals surface area (Å²) in [5.41, 5.74) is 0.243. The van der Waals surface area contributed by atoms with Gasteiger partial charge in [-0.3, -0.25) is 19.7 Å². The van der Waals surface area contributed by atoms with Gasteiger partial charge in [0.1, 0.15) is 0 Å². The fourth-order valence-corrected chi connectivity index (χ4v) is 2.77. The summed E-state index contributed by atoms with van der Waals surface area (Å²) in [7, 11) is 1.46. The van der Waals surface area contributed by atoms with Gasteiger partial charge >= 0.3 is 0 Å². The first-order valence-electron chi connectivity index (χ1n) is 7.71. The number of nitrogens with one attached hydrogen (secondary N) is 2. The third-order valence-corrected chi connectivity index (χ3v) is 3.98. The molecular weight excluding hydrogens is 312 g/mol. The Labute approximate surface area is 140 Å². The number of hydrogen-bond acceptors (Lipinski definition) is 5. The van der Waals surface area contributed by atoms with Crippen molar-refractivity contribution in [2.45, 2.75) is 38.8 Å². The first kappa shape index (κ1) is 17.7. The summed E-state index contributed by atoms with van der Waals surface area (Å²) in [5.74, 6) is -0.374. The molecule has 1 aliphatic rings. The Morgan fingerprint density at radius 2 is 2.04 bits per heavy atom. The van der Waals surface area contributed by atoms with Crippen LogP contribution in [0.4, 0.5) is 11.4 Å². The van der Waals surface area contributed by atoms with Crippen molar-refractivity contribution in [3.8, 4) is 0 Å². The van der Waals surface area contributed by atoms with Gasteiger partial charge in [0.15, 0.2) is 0 Å². The molecule has 1 unspecified atom stereocenters. The van der Waals surface area contributed by atoms with E-state index in [1.54, 1.807) is 4.90 Å². The molecule has 1 saturated heterocycles. The number of non-ortho nitro benzene ring substituents is 1. The molecule has 0 aromatic heterocycles. The zero-order valence-corrected chi connectivity index (χ0v) is 14.3. The van der Waals surface area contributed by atoms with E-state index >= 15 is 0 Å². The Morgan fingerprint density at radius 3 is 2.54 bits per heavy atom. The number of rotatable bonds is 4. The summed E-state index contributed by atoms with van der Waals surface area (Å²) < 4.78 is 0. The lowest BCUT2D eigenvalue weighted by molar-refractivity contribution is -0.384. The molecule has 0 radical (unpaired) electrons. The normalized spacial score (nSPS) is 17.8. The van der Waals surface area contributed by atoms with E-state index in [9.17, 15) is 19.7 Å². The molecule has 2 N–H and O–H groups in total. The molecule has 2 amide bonds. The summed E-state index contributed by atoms with van der Waals surface area (Å²) >= 11 is 0. The standard InChI is InChI=1S/C16H22N4O4/c1-16(2,3)19-9-10(7-14(19)21)18-13-6-5-11(20(23)24)8-12(13)15(22)17-4/h5-6,8,10,18H,7,9H2,1-4H3,(H,17,22). The van der Waals surface area contributed by atoms with Gasteiger partial charge in [0, 0.05) is 43.4 Å². The number of likely N-dealkylation sites (tertiary alicyclic amines) is 1. The van der Waals surface area contributed by atoms with Crippen LogP contribution in [0.15, 0.2) is 18.2 Å². The van der Waals surface area contributed by atoms with Gasteiger partial charge in [-0.1, -0.05) is 0 Å². The first-order chi connectivity index (χ1) is 11.1. The van der Waals surface area contributed by atoms with Crippen molar-refractivity contribution in [1.82, 2.24) is 10.2 Å². The van der Waals surface area contributed by atoms with Crippen molar-refractivity contribution in [3.05, 3.63) is 33.9 Å². The number of amides is 2. The van der Waals surface area contributed by atoms with Crippen molar-refractivity contribution in [2.75, 3.05) is 18.9 Å². The lowest BCUT2D eigenvalue weighted by Crippen LogP contribution is -2.43. The number of carbonyl (C=O) groups is 2. The van der Waals surface area contributed by atoms with Crippen molar-refractivity contribution in [3.63, 3.8) is 0 Å². The minimum Gasteiger partial charge on any atom is -0.379 e. The Kier molecular flexibility index (Phi) is 4.77. The fourth-order valence-electron chi connectivity index (χ4n) is 2.77. The molecule has 0 spiro atoms. The largest absolute Gasteiger partial charge is 0.379 e. The molecule has 1 aliphatic heterocycles. The third-order valence-electron chi connectivity index (χ3n) is 3.98. The van der Waals surface area contributed by atoms with Gasteiger partial charge in [-0.2, -0.15) is 0 Å². The van der Waals surface area contributed by atoms with Crippen LogP contribution >= 0.6 is 0 Å². The molecule has 0 aliphatic carbocycles. The number of hydrogen-bond donors (Lipinski definition) is 2. The van der Waals surface area contributed by atoms with Crippen LogP contribution in [-0.2, 0) is 4.79 Å². The Morgan fingerprint density at radius 1 is 1.38 bits per heavy atom. The maximum Gasteiger partial charge on any atom is 0.270 e. The van der Waals surface area contributed by atoms with Crippen molar-refractivity contribution in [1.29, 1.82) is 0 Å². The van der Waals surface area contributed by atoms with Crippen molar-refractivity contribution >= 4 is 23.2 Å². The molecule has 8 nitrogen and oxygen atoms in total. The highest BCUT2D eigenvalue weighted by molar-refractivity contribution is 6.00.